The van der Waals surface area contributed by atoms with Crippen molar-refractivity contribution in [3.8, 4) is 5.69 Å². The highest BCUT2D eigenvalue weighted by molar-refractivity contribution is 9.10. The van der Waals surface area contributed by atoms with Crippen molar-refractivity contribution < 1.29 is 9.53 Å². The molecule has 0 spiro atoms. The number of anilines is 1. The lowest BCUT2D eigenvalue weighted by Gasteiger charge is -2.05. The summed E-state index contributed by atoms with van der Waals surface area (Å²) in [7, 11) is 1.29. The van der Waals surface area contributed by atoms with Crippen LogP contribution >= 0.6 is 15.9 Å². The summed E-state index contributed by atoms with van der Waals surface area (Å²) in [6.07, 6.45) is 1.49. The maximum Gasteiger partial charge on any atom is 0.360 e. The molecular formula is C11H10BrN3O2. The number of esters is 1. The van der Waals surface area contributed by atoms with Crippen LogP contribution in [0.25, 0.3) is 5.69 Å². The molecule has 0 amide bonds. The lowest BCUT2D eigenvalue weighted by Crippen LogP contribution is -2.07. The number of rotatable bonds is 2. The summed E-state index contributed by atoms with van der Waals surface area (Å²) in [5.74, 6) is -0.280. The first-order valence-corrected chi connectivity index (χ1v) is 5.60. The number of carbonyl (C=O) groups excluding carboxylic acids is 1. The van der Waals surface area contributed by atoms with Crippen molar-refractivity contribution in [3.05, 3.63) is 40.8 Å². The third-order valence-corrected chi connectivity index (χ3v) is 2.82. The molecular weight excluding hydrogens is 286 g/mol. The van der Waals surface area contributed by atoms with Crippen LogP contribution in [0.15, 0.2) is 35.1 Å². The SMILES string of the molecule is COC(=O)c1ncn(-c2ccc(Br)cc2)c1N. The summed E-state index contributed by atoms with van der Waals surface area (Å²) in [4.78, 5) is 15.3. The van der Waals surface area contributed by atoms with Crippen LogP contribution in [0.1, 0.15) is 10.5 Å². The van der Waals surface area contributed by atoms with E-state index in [1.807, 2.05) is 24.3 Å². The van der Waals surface area contributed by atoms with E-state index in [-0.39, 0.29) is 11.5 Å². The molecule has 0 saturated heterocycles. The number of hydrogen-bond acceptors (Lipinski definition) is 4. The van der Waals surface area contributed by atoms with Crippen molar-refractivity contribution in [2.45, 2.75) is 0 Å². The summed E-state index contributed by atoms with van der Waals surface area (Å²) < 4.78 is 7.17. The number of carbonyl (C=O) groups is 1. The van der Waals surface area contributed by atoms with Gasteiger partial charge in [0.05, 0.1) is 7.11 Å². The van der Waals surface area contributed by atoms with Crippen molar-refractivity contribution >= 4 is 27.7 Å². The molecule has 2 rings (SSSR count). The van der Waals surface area contributed by atoms with Gasteiger partial charge in [-0.2, -0.15) is 0 Å². The Hall–Kier alpha value is -1.82. The van der Waals surface area contributed by atoms with Crippen molar-refractivity contribution in [1.82, 2.24) is 9.55 Å². The molecule has 88 valence electrons. The largest absolute Gasteiger partial charge is 0.464 e. The average Bonchev–Trinajstić information content (AvgIpc) is 2.71. The van der Waals surface area contributed by atoms with Gasteiger partial charge < -0.3 is 10.5 Å². The number of halogens is 1. The third kappa shape index (κ3) is 2.16. The summed E-state index contributed by atoms with van der Waals surface area (Å²) in [5.41, 5.74) is 6.79. The Morgan fingerprint density at radius 2 is 2.06 bits per heavy atom. The Kier molecular flexibility index (Phi) is 3.14. The van der Waals surface area contributed by atoms with Crippen LogP contribution < -0.4 is 5.73 Å². The maximum absolute atomic E-state index is 11.3. The number of imidazole rings is 1. The van der Waals surface area contributed by atoms with Gasteiger partial charge in [0.25, 0.3) is 0 Å². The van der Waals surface area contributed by atoms with Crippen LogP contribution in [0.2, 0.25) is 0 Å². The van der Waals surface area contributed by atoms with Gasteiger partial charge in [-0.3, -0.25) is 4.57 Å². The van der Waals surface area contributed by atoms with Crippen LogP contribution in [0.4, 0.5) is 5.82 Å². The van der Waals surface area contributed by atoms with Gasteiger partial charge in [-0.1, -0.05) is 15.9 Å². The predicted octanol–water partition coefficient (Wildman–Crippen LogP) is 2.00. The number of hydrogen-bond donors (Lipinski definition) is 1. The van der Waals surface area contributed by atoms with Gasteiger partial charge in [-0.15, -0.1) is 0 Å². The van der Waals surface area contributed by atoms with E-state index in [1.165, 1.54) is 13.4 Å². The molecule has 6 heteroatoms. The Morgan fingerprint density at radius 3 is 2.65 bits per heavy atom. The number of ether oxygens (including phenoxy) is 1. The fourth-order valence-corrected chi connectivity index (χ4v) is 1.68. The molecule has 2 N–H and O–H groups in total. The van der Waals surface area contributed by atoms with Crippen LogP contribution in [0.5, 0.6) is 0 Å². The molecule has 0 aliphatic carbocycles. The minimum atomic E-state index is -0.543. The highest BCUT2D eigenvalue weighted by Gasteiger charge is 2.16. The molecule has 2 aromatic rings. The second-order valence-electron chi connectivity index (χ2n) is 3.32. The molecule has 0 aliphatic heterocycles. The second kappa shape index (κ2) is 4.58. The molecule has 17 heavy (non-hydrogen) atoms. The van der Waals surface area contributed by atoms with Crippen LogP contribution in [0, 0.1) is 0 Å². The van der Waals surface area contributed by atoms with E-state index in [2.05, 4.69) is 25.7 Å². The maximum atomic E-state index is 11.3. The van der Waals surface area contributed by atoms with Gasteiger partial charge in [0.2, 0.25) is 0 Å². The monoisotopic (exact) mass is 295 g/mol. The van der Waals surface area contributed by atoms with E-state index in [1.54, 1.807) is 4.57 Å². The summed E-state index contributed by atoms with van der Waals surface area (Å²) in [6.45, 7) is 0. The number of methoxy groups -OCH3 is 1. The molecule has 0 unspecified atom stereocenters. The van der Waals surface area contributed by atoms with E-state index in [0.717, 1.165) is 10.2 Å². The van der Waals surface area contributed by atoms with Gasteiger partial charge in [0.1, 0.15) is 12.1 Å². The number of nitrogen functional groups attached to an aromatic ring is 1. The van der Waals surface area contributed by atoms with E-state index >= 15 is 0 Å². The average molecular weight is 296 g/mol. The standard InChI is InChI=1S/C11H10BrN3O2/c1-17-11(16)9-10(13)15(6-14-9)8-4-2-7(12)3-5-8/h2-6H,13H2,1H3. The fourth-order valence-electron chi connectivity index (χ4n) is 1.42. The Balaban J connectivity index is 2.44. The van der Waals surface area contributed by atoms with Crippen molar-refractivity contribution in [1.29, 1.82) is 0 Å². The van der Waals surface area contributed by atoms with Crippen molar-refractivity contribution in [2.24, 2.45) is 0 Å². The van der Waals surface area contributed by atoms with E-state index in [4.69, 9.17) is 5.73 Å². The molecule has 1 aromatic carbocycles. The number of aromatic nitrogens is 2. The zero-order chi connectivity index (χ0) is 12.4. The number of nitrogens with two attached hydrogens (primary N) is 1. The minimum absolute atomic E-state index is 0.121. The third-order valence-electron chi connectivity index (χ3n) is 2.29. The zero-order valence-corrected chi connectivity index (χ0v) is 10.6. The van der Waals surface area contributed by atoms with E-state index in [9.17, 15) is 4.79 Å². The second-order valence-corrected chi connectivity index (χ2v) is 4.23. The van der Waals surface area contributed by atoms with Gasteiger partial charge in [0, 0.05) is 10.2 Å². The quantitative estimate of drug-likeness (QED) is 0.861. The Labute approximate surface area is 106 Å². The summed E-state index contributed by atoms with van der Waals surface area (Å²) in [6, 6.07) is 7.49. The first kappa shape index (κ1) is 11.7. The zero-order valence-electron chi connectivity index (χ0n) is 9.05. The molecule has 0 bridgehead atoms. The van der Waals surface area contributed by atoms with Crippen LogP contribution in [0.3, 0.4) is 0 Å². The van der Waals surface area contributed by atoms with Gasteiger partial charge in [0.15, 0.2) is 5.69 Å². The smallest absolute Gasteiger partial charge is 0.360 e. The molecule has 0 atom stereocenters. The lowest BCUT2D eigenvalue weighted by molar-refractivity contribution is 0.0596. The predicted molar refractivity (Wildman–Crippen MR) is 67.0 cm³/mol. The number of benzene rings is 1. The molecule has 0 saturated carbocycles. The first-order chi connectivity index (χ1) is 8.13. The van der Waals surface area contributed by atoms with Gasteiger partial charge in [-0.25, -0.2) is 9.78 Å². The topological polar surface area (TPSA) is 70.1 Å². The summed E-state index contributed by atoms with van der Waals surface area (Å²) in [5, 5.41) is 0. The Morgan fingerprint density at radius 1 is 1.41 bits per heavy atom. The molecule has 0 aliphatic rings. The number of nitrogens with zero attached hydrogens (tertiary/aromatic N) is 2. The first-order valence-electron chi connectivity index (χ1n) is 4.80. The Bertz CT molecular complexity index is 548. The van der Waals surface area contributed by atoms with Crippen molar-refractivity contribution in [3.63, 3.8) is 0 Å². The molecule has 5 nitrogen and oxygen atoms in total. The van der Waals surface area contributed by atoms with Crippen molar-refractivity contribution in [2.75, 3.05) is 12.8 Å². The van der Waals surface area contributed by atoms with Crippen LogP contribution in [-0.4, -0.2) is 22.6 Å². The molecule has 1 aromatic heterocycles. The van der Waals surface area contributed by atoms with E-state index < -0.39 is 5.97 Å². The molecule has 1 heterocycles. The minimum Gasteiger partial charge on any atom is -0.464 e. The van der Waals surface area contributed by atoms with E-state index in [0.29, 0.717) is 0 Å². The lowest BCUT2D eigenvalue weighted by atomic mass is 10.3. The normalized spacial score (nSPS) is 10.2. The highest BCUT2D eigenvalue weighted by atomic mass is 79.9. The highest BCUT2D eigenvalue weighted by Crippen LogP contribution is 2.19. The molecule has 0 radical (unpaired) electrons. The van der Waals surface area contributed by atoms with Gasteiger partial charge >= 0.3 is 5.97 Å². The van der Waals surface area contributed by atoms with Crippen LogP contribution in [-0.2, 0) is 4.74 Å². The summed E-state index contributed by atoms with van der Waals surface area (Å²) >= 11 is 3.35. The van der Waals surface area contributed by atoms with Gasteiger partial charge in [-0.05, 0) is 24.3 Å². The fraction of sp³-hybridized carbons (Fsp3) is 0.0909. The molecule has 0 fully saturated rings.